The van der Waals surface area contributed by atoms with E-state index < -0.39 is 0 Å². The zero-order chi connectivity index (χ0) is 14.1. The first kappa shape index (κ1) is 12.7. The maximum absolute atomic E-state index is 13.6. The molecule has 1 aromatic heterocycles. The second-order valence-electron chi connectivity index (χ2n) is 4.22. The van der Waals surface area contributed by atoms with E-state index in [1.807, 2.05) is 0 Å². The minimum absolute atomic E-state index is 0.336. The summed E-state index contributed by atoms with van der Waals surface area (Å²) in [6.07, 6.45) is 0. The van der Waals surface area contributed by atoms with Crippen LogP contribution in [0.4, 0.5) is 14.5 Å². The number of hydrogen-bond donors (Lipinski definition) is 1. The van der Waals surface area contributed by atoms with Gasteiger partial charge in [0.2, 0.25) is 0 Å². The number of anilines is 1. The number of benzene rings is 2. The van der Waals surface area contributed by atoms with Crippen molar-refractivity contribution in [2.24, 2.45) is 0 Å². The highest BCUT2D eigenvalue weighted by Crippen LogP contribution is 2.28. The van der Waals surface area contributed by atoms with Crippen LogP contribution in [0, 0.1) is 11.6 Å². The smallest absolute Gasteiger partial charge is 0.265 e. The fourth-order valence-corrected chi connectivity index (χ4v) is 2.83. The number of rotatable bonds is 2. The van der Waals surface area contributed by atoms with E-state index in [9.17, 15) is 13.6 Å². The molecule has 0 aliphatic heterocycles. The van der Waals surface area contributed by atoms with E-state index in [1.54, 1.807) is 12.1 Å². The highest BCUT2D eigenvalue weighted by Gasteiger charge is 2.12. The molecule has 0 spiro atoms. The van der Waals surface area contributed by atoms with Gasteiger partial charge in [0.25, 0.3) is 5.91 Å². The molecule has 1 heterocycles. The van der Waals surface area contributed by atoms with Gasteiger partial charge in [0.1, 0.15) is 11.6 Å². The van der Waals surface area contributed by atoms with Gasteiger partial charge in [-0.1, -0.05) is 6.07 Å². The Bertz CT molecular complexity index is 780. The summed E-state index contributed by atoms with van der Waals surface area (Å²) >= 11 is 1.22. The van der Waals surface area contributed by atoms with E-state index in [0.717, 1.165) is 0 Å². The highest BCUT2D eigenvalue weighted by atomic mass is 32.1. The minimum atomic E-state index is -0.369. The standard InChI is InChI=1S/C15H9F2NOS/c16-9-4-6-10(7-5-9)18-15(19)14-8-11-12(17)2-1-3-13(11)20-14/h1-8H,(H,18,19). The van der Waals surface area contributed by atoms with Gasteiger partial charge in [0.15, 0.2) is 0 Å². The SMILES string of the molecule is O=C(Nc1ccc(F)cc1)c1cc2c(F)cccc2s1. The molecule has 3 rings (SSSR count). The number of hydrogen-bond acceptors (Lipinski definition) is 2. The van der Waals surface area contributed by atoms with Crippen molar-refractivity contribution >= 4 is 33.0 Å². The monoisotopic (exact) mass is 289 g/mol. The van der Waals surface area contributed by atoms with E-state index in [2.05, 4.69) is 5.32 Å². The van der Waals surface area contributed by atoms with Gasteiger partial charge >= 0.3 is 0 Å². The largest absolute Gasteiger partial charge is 0.321 e. The Kier molecular flexibility index (Phi) is 3.20. The number of carbonyl (C=O) groups is 1. The Morgan fingerprint density at radius 3 is 2.50 bits per heavy atom. The summed E-state index contributed by atoms with van der Waals surface area (Å²) in [5.74, 6) is -1.05. The van der Waals surface area contributed by atoms with Gasteiger partial charge in [-0.25, -0.2) is 8.78 Å². The summed E-state index contributed by atoms with van der Waals surface area (Å²) < 4.78 is 27.1. The molecule has 0 fully saturated rings. The predicted molar refractivity (Wildman–Crippen MR) is 76.1 cm³/mol. The topological polar surface area (TPSA) is 29.1 Å². The molecule has 0 aliphatic rings. The van der Waals surface area contributed by atoms with Crippen molar-refractivity contribution in [2.45, 2.75) is 0 Å². The first-order chi connectivity index (χ1) is 9.63. The summed E-state index contributed by atoms with van der Waals surface area (Å²) in [5, 5.41) is 3.08. The number of nitrogens with one attached hydrogen (secondary N) is 1. The number of thiophene rings is 1. The maximum Gasteiger partial charge on any atom is 0.265 e. The van der Waals surface area contributed by atoms with E-state index in [4.69, 9.17) is 0 Å². The third-order valence-corrected chi connectivity index (χ3v) is 3.93. The van der Waals surface area contributed by atoms with Crippen LogP contribution in [0.3, 0.4) is 0 Å². The predicted octanol–water partition coefficient (Wildman–Crippen LogP) is 4.43. The van der Waals surface area contributed by atoms with Crippen molar-refractivity contribution in [3.8, 4) is 0 Å². The van der Waals surface area contributed by atoms with Crippen LogP contribution in [0.1, 0.15) is 9.67 Å². The zero-order valence-electron chi connectivity index (χ0n) is 10.2. The van der Waals surface area contributed by atoms with Gasteiger partial charge < -0.3 is 5.32 Å². The van der Waals surface area contributed by atoms with E-state index >= 15 is 0 Å². The van der Waals surface area contributed by atoms with Gasteiger partial charge in [-0.3, -0.25) is 4.79 Å². The van der Waals surface area contributed by atoms with Crippen molar-refractivity contribution in [1.82, 2.24) is 0 Å². The Morgan fingerprint density at radius 2 is 1.80 bits per heavy atom. The van der Waals surface area contributed by atoms with Crippen LogP contribution in [0.5, 0.6) is 0 Å². The number of fused-ring (bicyclic) bond motifs is 1. The van der Waals surface area contributed by atoms with Crippen LogP contribution in [0.2, 0.25) is 0 Å². The molecule has 2 aromatic carbocycles. The van der Waals surface area contributed by atoms with Crippen LogP contribution in [-0.2, 0) is 0 Å². The molecule has 0 unspecified atom stereocenters. The molecule has 0 radical (unpaired) electrons. The van der Waals surface area contributed by atoms with Gasteiger partial charge in [-0.15, -0.1) is 11.3 Å². The third-order valence-electron chi connectivity index (χ3n) is 2.83. The van der Waals surface area contributed by atoms with Crippen molar-refractivity contribution in [3.05, 3.63) is 65.0 Å². The molecule has 0 aliphatic carbocycles. The lowest BCUT2D eigenvalue weighted by Crippen LogP contribution is -2.09. The summed E-state index contributed by atoms with van der Waals surface area (Å²) in [6.45, 7) is 0. The van der Waals surface area contributed by atoms with E-state index in [0.29, 0.717) is 20.7 Å². The van der Waals surface area contributed by atoms with Crippen molar-refractivity contribution in [1.29, 1.82) is 0 Å². The molecule has 3 aromatic rings. The molecule has 0 saturated carbocycles. The lowest BCUT2D eigenvalue weighted by Gasteiger charge is -2.02. The van der Waals surface area contributed by atoms with Crippen molar-refractivity contribution < 1.29 is 13.6 Å². The second kappa shape index (κ2) is 5.02. The summed E-state index contributed by atoms with van der Waals surface area (Å²) in [6, 6.07) is 11.7. The van der Waals surface area contributed by atoms with Crippen LogP contribution >= 0.6 is 11.3 Å². The fourth-order valence-electron chi connectivity index (χ4n) is 1.86. The molecule has 100 valence electrons. The first-order valence-corrected chi connectivity index (χ1v) is 6.70. The zero-order valence-corrected chi connectivity index (χ0v) is 11.0. The third kappa shape index (κ3) is 2.40. The van der Waals surface area contributed by atoms with E-state index in [-0.39, 0.29) is 17.5 Å². The van der Waals surface area contributed by atoms with Gasteiger partial charge in [-0.05, 0) is 42.5 Å². The lowest BCUT2D eigenvalue weighted by molar-refractivity contribution is 0.103. The summed E-state index contributed by atoms with van der Waals surface area (Å²) in [5.41, 5.74) is 0.495. The fraction of sp³-hybridized carbons (Fsp3) is 0. The van der Waals surface area contributed by atoms with Crippen LogP contribution in [-0.4, -0.2) is 5.91 Å². The first-order valence-electron chi connectivity index (χ1n) is 5.88. The molecule has 0 atom stereocenters. The van der Waals surface area contributed by atoms with Gasteiger partial charge in [0.05, 0.1) is 4.88 Å². The molecule has 1 N–H and O–H groups in total. The van der Waals surface area contributed by atoms with Crippen LogP contribution in [0.15, 0.2) is 48.5 Å². The average Bonchev–Trinajstić information content (AvgIpc) is 2.87. The van der Waals surface area contributed by atoms with Crippen molar-refractivity contribution in [2.75, 3.05) is 5.32 Å². The summed E-state index contributed by atoms with van der Waals surface area (Å²) in [7, 11) is 0. The van der Waals surface area contributed by atoms with Gasteiger partial charge in [-0.2, -0.15) is 0 Å². The molecule has 20 heavy (non-hydrogen) atoms. The van der Waals surface area contributed by atoms with Crippen LogP contribution in [0.25, 0.3) is 10.1 Å². The minimum Gasteiger partial charge on any atom is -0.321 e. The molecule has 0 saturated heterocycles. The molecular weight excluding hydrogens is 280 g/mol. The maximum atomic E-state index is 13.6. The second-order valence-corrected chi connectivity index (χ2v) is 5.31. The number of carbonyl (C=O) groups excluding carboxylic acids is 1. The summed E-state index contributed by atoms with van der Waals surface area (Å²) in [4.78, 5) is 12.5. The molecular formula is C15H9F2NOS. The quantitative estimate of drug-likeness (QED) is 0.743. The molecule has 5 heteroatoms. The molecule has 0 bridgehead atoms. The average molecular weight is 289 g/mol. The van der Waals surface area contributed by atoms with Crippen LogP contribution < -0.4 is 5.32 Å². The molecule has 2 nitrogen and oxygen atoms in total. The lowest BCUT2D eigenvalue weighted by atomic mass is 10.2. The normalized spacial score (nSPS) is 10.7. The molecule has 1 amide bonds. The Balaban J connectivity index is 1.89. The number of halogens is 2. The van der Waals surface area contributed by atoms with E-state index in [1.165, 1.54) is 47.7 Å². The van der Waals surface area contributed by atoms with Gasteiger partial charge in [0, 0.05) is 15.8 Å². The van der Waals surface area contributed by atoms with Crippen molar-refractivity contribution in [3.63, 3.8) is 0 Å². The highest BCUT2D eigenvalue weighted by molar-refractivity contribution is 7.20. The Morgan fingerprint density at radius 1 is 1.05 bits per heavy atom. The Hall–Kier alpha value is -2.27. The Labute approximate surface area is 117 Å². The number of amides is 1.